The summed E-state index contributed by atoms with van der Waals surface area (Å²) in [7, 11) is -4.61. The summed E-state index contributed by atoms with van der Waals surface area (Å²) in [6.45, 7) is 0. The summed E-state index contributed by atoms with van der Waals surface area (Å²) in [5, 5.41) is 0. The maximum Gasteiger partial charge on any atom is 2.00 e. The second kappa shape index (κ2) is 3.61. The van der Waals surface area contributed by atoms with Gasteiger partial charge in [-0.1, -0.05) is 0 Å². The van der Waals surface area contributed by atoms with Crippen LogP contribution in [-0.4, -0.2) is 77.1 Å². The van der Waals surface area contributed by atoms with Gasteiger partial charge in [-0.15, -0.1) is 0 Å². The van der Waals surface area contributed by atoms with E-state index in [1.165, 1.54) is 0 Å². The molecule has 4 nitrogen and oxygen atoms in total. The molecule has 0 aliphatic carbocycles. The Morgan fingerprint density at radius 2 is 1.00 bits per heavy atom. The molecule has 0 spiro atoms. The van der Waals surface area contributed by atoms with Gasteiger partial charge in [0.15, 0.2) is 0 Å². The molecule has 0 unspecified atom stereocenters. The van der Waals surface area contributed by atoms with E-state index >= 15 is 0 Å². The van der Waals surface area contributed by atoms with Crippen molar-refractivity contribution < 1.29 is 22.0 Å². The third kappa shape index (κ3) is 45.5. The van der Waals surface area contributed by atoms with Crippen LogP contribution in [0.2, 0.25) is 0 Å². The molecular weight excluding hydrogens is 229 g/mol. The predicted molar refractivity (Wildman–Crippen MR) is 22.6 cm³/mol. The fourth-order valence-electron chi connectivity index (χ4n) is 0. The van der Waals surface area contributed by atoms with E-state index < -0.39 is 9.05 Å². The Kier molecular flexibility index (Phi) is 6.36. The molecule has 6 heteroatoms. The van der Waals surface area contributed by atoms with Gasteiger partial charge in [0.25, 0.3) is 0 Å². The van der Waals surface area contributed by atoms with Gasteiger partial charge in [0.2, 0.25) is 0 Å². The molecule has 0 atom stereocenters. The molecule has 0 aliphatic rings. The molecule has 0 rings (SSSR count). The summed E-state index contributed by atoms with van der Waals surface area (Å²) < 4.78 is 0. The molecule has 0 saturated carbocycles. The number of hydrogen-bond acceptors (Lipinski definition) is 4. The van der Waals surface area contributed by atoms with Crippen molar-refractivity contribution in [3.63, 3.8) is 0 Å². The Bertz CT molecular complexity index is 29.5. The van der Waals surface area contributed by atoms with Crippen LogP contribution in [0.15, 0.2) is 0 Å². The molecule has 0 aromatic carbocycles. The second-order valence-corrected chi connectivity index (χ2v) is 1.80. The monoisotopic (exact) mass is 236 g/mol. The third-order valence-corrected chi connectivity index (χ3v) is 0. The normalized spacial score (nSPS) is 10.0. The predicted octanol–water partition coefficient (Wildman–Crippen LogP) is -2.76. The van der Waals surface area contributed by atoms with E-state index in [1.807, 2.05) is 0 Å². The first-order valence-electron chi connectivity index (χ1n) is 0.894. The minimum atomic E-state index is -4.61. The molecule has 4 N–H and O–H groups in total. The van der Waals surface area contributed by atoms with Crippen LogP contribution in [-0.2, 0) is 0 Å². The summed E-state index contributed by atoms with van der Waals surface area (Å²) in [5.41, 5.74) is 0. The van der Waals surface area contributed by atoms with Crippen molar-refractivity contribution in [3.05, 3.63) is 0 Å². The maximum absolute atomic E-state index is 7.33. The van der Waals surface area contributed by atoms with Crippen molar-refractivity contribution in [1.82, 2.24) is 0 Å². The molecule has 0 radical (unpaired) electrons. The molecule has 0 saturated heterocycles. The van der Waals surface area contributed by atoms with Gasteiger partial charge in [-0.25, -0.2) is 0 Å². The summed E-state index contributed by atoms with van der Waals surface area (Å²) >= 11 is 0. The fourth-order valence-corrected chi connectivity index (χ4v) is 0. The largest absolute Gasteiger partial charge is 2.00 e. The first-order valence-corrected chi connectivity index (χ1v) is 2.68. The van der Waals surface area contributed by atoms with Gasteiger partial charge in [-0.2, -0.15) is 0 Å². The van der Waals surface area contributed by atoms with E-state index in [9.17, 15) is 0 Å². The number of hydrogen-bond donors (Lipinski definition) is 4. The van der Waals surface area contributed by atoms with Crippen LogP contribution < -0.4 is 0 Å². The van der Waals surface area contributed by atoms with Gasteiger partial charge in [0.1, 0.15) is 0 Å². The van der Waals surface area contributed by atoms with E-state index in [1.54, 1.807) is 0 Å². The zero-order chi connectivity index (χ0) is 4.50. The quantitative estimate of drug-likeness (QED) is 0.343. The van der Waals surface area contributed by atoms with Crippen LogP contribution in [0.1, 0.15) is 2.85 Å². The summed E-state index contributed by atoms with van der Waals surface area (Å²) in [6.07, 6.45) is 0. The SMILES string of the molecule is O[Si](O)(O)O.[Ba+2].[H-].[H-]. The Morgan fingerprint density at radius 1 is 1.00 bits per heavy atom. The van der Waals surface area contributed by atoms with Crippen LogP contribution in [0.3, 0.4) is 0 Å². The molecule has 0 aliphatic heterocycles. The minimum absolute atomic E-state index is 0. The molecular formula is H6BaO4Si. The van der Waals surface area contributed by atoms with Gasteiger partial charge in [0, 0.05) is 0 Å². The molecule has 6 heavy (non-hydrogen) atoms. The van der Waals surface area contributed by atoms with E-state index in [0.29, 0.717) is 0 Å². The maximum atomic E-state index is 7.33. The van der Waals surface area contributed by atoms with Crippen LogP contribution in [0, 0.1) is 0 Å². The molecule has 0 aromatic heterocycles. The van der Waals surface area contributed by atoms with Crippen molar-refractivity contribution in [2.24, 2.45) is 0 Å². The van der Waals surface area contributed by atoms with Crippen molar-refractivity contribution in [1.29, 1.82) is 0 Å². The van der Waals surface area contributed by atoms with Gasteiger partial charge < -0.3 is 22.0 Å². The fraction of sp³-hybridized carbons (Fsp3) is 0. The van der Waals surface area contributed by atoms with Crippen LogP contribution in [0.4, 0.5) is 0 Å². The van der Waals surface area contributed by atoms with Crippen LogP contribution in [0.5, 0.6) is 0 Å². The van der Waals surface area contributed by atoms with Crippen molar-refractivity contribution in [3.8, 4) is 0 Å². The van der Waals surface area contributed by atoms with Gasteiger partial charge in [-0.05, 0) is 0 Å². The second-order valence-electron chi connectivity index (χ2n) is 0.600. The van der Waals surface area contributed by atoms with E-state index in [4.69, 9.17) is 19.2 Å². The van der Waals surface area contributed by atoms with Crippen molar-refractivity contribution in [2.75, 3.05) is 0 Å². The molecule has 0 fully saturated rings. The zero-order valence-corrected chi connectivity index (χ0v) is 8.44. The Balaban J connectivity index is -0.0000000267. The Labute approximate surface area is 79.0 Å². The van der Waals surface area contributed by atoms with E-state index in [0.717, 1.165) is 0 Å². The standard InChI is InChI=1S/Ba.H4O4Si.2H/c;1-5(2,3)4;;/h;1-4H;;/q+2;;2*-1. The third-order valence-electron chi connectivity index (χ3n) is 0. The van der Waals surface area contributed by atoms with E-state index in [-0.39, 0.29) is 51.7 Å². The molecule has 36 valence electrons. The molecule has 0 amide bonds. The van der Waals surface area contributed by atoms with Crippen LogP contribution >= 0.6 is 0 Å². The Hall–Kier alpha value is 1.63. The van der Waals surface area contributed by atoms with Gasteiger partial charge in [-0.3, -0.25) is 0 Å². The topological polar surface area (TPSA) is 80.9 Å². The number of rotatable bonds is 0. The first-order chi connectivity index (χ1) is 2.00. The molecule has 0 heterocycles. The first kappa shape index (κ1) is 10.6. The van der Waals surface area contributed by atoms with Crippen molar-refractivity contribution >= 4 is 57.9 Å². The van der Waals surface area contributed by atoms with E-state index in [2.05, 4.69) is 0 Å². The Morgan fingerprint density at radius 3 is 1.00 bits per heavy atom. The van der Waals surface area contributed by atoms with Crippen LogP contribution in [0.25, 0.3) is 0 Å². The average molecular weight is 235 g/mol. The summed E-state index contributed by atoms with van der Waals surface area (Å²) in [6, 6.07) is 0. The molecule has 0 aromatic rings. The summed E-state index contributed by atoms with van der Waals surface area (Å²) in [5.74, 6) is 0. The van der Waals surface area contributed by atoms with Crippen molar-refractivity contribution in [2.45, 2.75) is 0 Å². The smallest absolute Gasteiger partial charge is 1.00 e. The van der Waals surface area contributed by atoms with Gasteiger partial charge in [0.05, 0.1) is 0 Å². The minimum Gasteiger partial charge on any atom is -1.00 e. The zero-order valence-electron chi connectivity index (χ0n) is 5.00. The molecule has 0 bridgehead atoms. The summed E-state index contributed by atoms with van der Waals surface area (Å²) in [4.78, 5) is 29.3. The average Bonchev–Trinajstić information content (AvgIpc) is 0.722. The van der Waals surface area contributed by atoms with Gasteiger partial charge >= 0.3 is 57.9 Å².